The molecule has 0 aromatic rings. The monoisotopic (exact) mass is 1470 g/mol. The number of phosphoric acid groups is 2. The highest BCUT2D eigenvalue weighted by Crippen LogP contribution is 2.45. The minimum absolute atomic E-state index is 0.0826. The molecular formula is C82H152O17P2. The summed E-state index contributed by atoms with van der Waals surface area (Å²) in [5.74, 6) is -1.43. The standard InChI is InChI=1S/C82H152O17P2/c1-6-9-12-15-18-21-24-27-30-31-32-33-36-39-42-47-53-58-63-68-82(87)98-77(71-92-79(84)65-60-55-50-45-40-37-34-28-25-22-19-16-13-10-7-2)73-96-100(88,89)94-69-76(83)70-95-101(90,91)97-74-78(72-93-80(85)66-61-56-51-48-43-44-49-54-59-64-75(4)5)99-81(86)67-62-57-52-46-41-38-35-29-26-23-20-17-14-11-8-3/h22-23,25-26,28-29,34-35,75-78,83H,6-21,24,27,30-33,36-74H2,1-5H3,(H,88,89)(H,90,91)/b25-22-,26-23-,34-28-,35-29-/t76-,77-,78-/m1/s1. The van der Waals surface area contributed by atoms with Crippen molar-refractivity contribution in [1.29, 1.82) is 0 Å². The summed E-state index contributed by atoms with van der Waals surface area (Å²) in [5.41, 5.74) is 0. The molecule has 592 valence electrons. The van der Waals surface area contributed by atoms with Crippen molar-refractivity contribution >= 4 is 39.5 Å². The molecule has 0 radical (unpaired) electrons. The summed E-state index contributed by atoms with van der Waals surface area (Å²) in [6, 6.07) is 0. The van der Waals surface area contributed by atoms with Crippen molar-refractivity contribution in [2.45, 2.75) is 406 Å². The molecule has 0 bridgehead atoms. The second-order valence-corrected chi connectivity index (χ2v) is 31.5. The highest BCUT2D eigenvalue weighted by Gasteiger charge is 2.30. The van der Waals surface area contributed by atoms with Crippen molar-refractivity contribution in [2.24, 2.45) is 5.92 Å². The number of allylic oxidation sites excluding steroid dienone is 8. The number of unbranched alkanes of at least 4 members (excludes halogenated alkanes) is 44. The highest BCUT2D eigenvalue weighted by molar-refractivity contribution is 7.47. The predicted octanol–water partition coefficient (Wildman–Crippen LogP) is 23.9. The van der Waals surface area contributed by atoms with E-state index in [1.54, 1.807) is 0 Å². The first-order chi connectivity index (χ1) is 49.0. The van der Waals surface area contributed by atoms with E-state index < -0.39 is 97.5 Å². The number of ether oxygens (including phenoxy) is 4. The Morgan fingerprint density at radius 1 is 0.307 bits per heavy atom. The number of aliphatic hydroxyl groups is 1. The van der Waals surface area contributed by atoms with Gasteiger partial charge < -0.3 is 33.8 Å². The Morgan fingerprint density at radius 2 is 0.535 bits per heavy atom. The van der Waals surface area contributed by atoms with Crippen LogP contribution in [0.15, 0.2) is 48.6 Å². The summed E-state index contributed by atoms with van der Waals surface area (Å²) in [5, 5.41) is 10.6. The number of carbonyl (C=O) groups excluding carboxylic acids is 4. The van der Waals surface area contributed by atoms with Crippen LogP contribution >= 0.6 is 15.6 Å². The molecular weight excluding hydrogens is 1320 g/mol. The molecule has 0 spiro atoms. The van der Waals surface area contributed by atoms with Crippen molar-refractivity contribution in [3.63, 3.8) is 0 Å². The summed E-state index contributed by atoms with van der Waals surface area (Å²) in [6.45, 7) is 7.18. The smallest absolute Gasteiger partial charge is 0.462 e. The van der Waals surface area contributed by atoms with Gasteiger partial charge in [0.2, 0.25) is 0 Å². The van der Waals surface area contributed by atoms with Crippen LogP contribution in [0.5, 0.6) is 0 Å². The minimum Gasteiger partial charge on any atom is -0.462 e. The van der Waals surface area contributed by atoms with Crippen LogP contribution < -0.4 is 0 Å². The van der Waals surface area contributed by atoms with Gasteiger partial charge in [-0.2, -0.15) is 0 Å². The van der Waals surface area contributed by atoms with Gasteiger partial charge >= 0.3 is 39.5 Å². The van der Waals surface area contributed by atoms with Crippen LogP contribution in [0.2, 0.25) is 0 Å². The Bertz CT molecular complexity index is 2120. The Labute approximate surface area is 617 Å². The lowest BCUT2D eigenvalue weighted by molar-refractivity contribution is -0.161. The molecule has 0 aromatic carbocycles. The van der Waals surface area contributed by atoms with Crippen molar-refractivity contribution in [2.75, 3.05) is 39.6 Å². The summed E-state index contributed by atoms with van der Waals surface area (Å²) in [4.78, 5) is 73.0. The van der Waals surface area contributed by atoms with Crippen molar-refractivity contribution in [1.82, 2.24) is 0 Å². The molecule has 0 fully saturated rings. The third kappa shape index (κ3) is 75.1. The van der Waals surface area contributed by atoms with Crippen molar-refractivity contribution in [3.05, 3.63) is 48.6 Å². The fourth-order valence-corrected chi connectivity index (χ4v) is 13.3. The SMILES string of the molecule is CCCCCC/C=C\C=C/CCCCCCCC(=O)OC[C@H](COP(=O)(O)OC[C@@H](O)COP(=O)(O)OC[C@@H](COC(=O)CCCCCCCCCCCC(C)C)OC(=O)CCCCCCC/C=C\C=C/CCCCCC)OC(=O)CCCCCCCCCCCCCCCCCCCCC. The average Bonchev–Trinajstić information content (AvgIpc) is 1.08. The molecule has 0 saturated carbocycles. The molecule has 3 N–H and O–H groups in total. The first-order valence-electron chi connectivity index (χ1n) is 41.3. The van der Waals surface area contributed by atoms with Crippen LogP contribution in [0.3, 0.4) is 0 Å². The molecule has 101 heavy (non-hydrogen) atoms. The zero-order valence-corrected chi connectivity index (χ0v) is 66.8. The van der Waals surface area contributed by atoms with Gasteiger partial charge in [0.15, 0.2) is 12.2 Å². The Morgan fingerprint density at radius 3 is 0.812 bits per heavy atom. The zero-order chi connectivity index (χ0) is 74.1. The maximum atomic E-state index is 13.1. The number of aliphatic hydroxyl groups excluding tert-OH is 1. The molecule has 17 nitrogen and oxygen atoms in total. The van der Waals surface area contributed by atoms with Crippen LogP contribution in [-0.4, -0.2) is 96.7 Å². The topological polar surface area (TPSA) is 237 Å². The lowest BCUT2D eigenvalue weighted by atomic mass is 10.0. The first kappa shape index (κ1) is 98.0. The molecule has 0 aliphatic heterocycles. The summed E-state index contributed by atoms with van der Waals surface area (Å²) >= 11 is 0. The quantitative estimate of drug-likeness (QED) is 0.0169. The van der Waals surface area contributed by atoms with E-state index in [0.717, 1.165) is 128 Å². The zero-order valence-electron chi connectivity index (χ0n) is 65.0. The molecule has 0 aliphatic carbocycles. The molecule has 0 heterocycles. The van der Waals surface area contributed by atoms with Gasteiger partial charge in [0, 0.05) is 25.7 Å². The largest absolute Gasteiger partial charge is 0.472 e. The predicted molar refractivity (Wildman–Crippen MR) is 413 cm³/mol. The average molecular weight is 1470 g/mol. The van der Waals surface area contributed by atoms with E-state index in [1.807, 2.05) is 0 Å². The van der Waals surface area contributed by atoms with Crippen LogP contribution in [0.4, 0.5) is 0 Å². The van der Waals surface area contributed by atoms with Gasteiger partial charge in [-0.15, -0.1) is 0 Å². The molecule has 0 aromatic heterocycles. The van der Waals surface area contributed by atoms with Crippen LogP contribution in [-0.2, 0) is 65.4 Å². The van der Waals surface area contributed by atoms with Gasteiger partial charge in [0.1, 0.15) is 19.3 Å². The van der Waals surface area contributed by atoms with Gasteiger partial charge in [-0.25, -0.2) is 9.13 Å². The second kappa shape index (κ2) is 73.9. The van der Waals surface area contributed by atoms with Gasteiger partial charge in [-0.1, -0.05) is 334 Å². The van der Waals surface area contributed by atoms with E-state index in [4.69, 9.17) is 37.0 Å². The molecule has 5 atom stereocenters. The van der Waals surface area contributed by atoms with Gasteiger partial charge in [0.05, 0.1) is 26.4 Å². The van der Waals surface area contributed by atoms with E-state index in [-0.39, 0.29) is 25.7 Å². The number of rotatable bonds is 78. The molecule has 0 saturated heterocycles. The lowest BCUT2D eigenvalue weighted by Crippen LogP contribution is -2.30. The van der Waals surface area contributed by atoms with E-state index in [0.29, 0.717) is 25.7 Å². The number of esters is 4. The van der Waals surface area contributed by atoms with Crippen molar-refractivity contribution < 1.29 is 80.2 Å². The maximum absolute atomic E-state index is 13.1. The van der Waals surface area contributed by atoms with Gasteiger partial charge in [0.25, 0.3) is 0 Å². The van der Waals surface area contributed by atoms with E-state index in [2.05, 4.69) is 83.2 Å². The summed E-state index contributed by atoms with van der Waals surface area (Å²) < 4.78 is 68.7. The van der Waals surface area contributed by atoms with E-state index in [9.17, 15) is 43.2 Å². The molecule has 0 aliphatic rings. The normalized spacial score (nSPS) is 14.1. The van der Waals surface area contributed by atoms with Crippen LogP contribution in [0.1, 0.15) is 388 Å². The second-order valence-electron chi connectivity index (χ2n) is 28.6. The van der Waals surface area contributed by atoms with Crippen LogP contribution in [0.25, 0.3) is 0 Å². The maximum Gasteiger partial charge on any atom is 0.472 e. The third-order valence-electron chi connectivity index (χ3n) is 18.0. The Balaban J connectivity index is 5.32. The summed E-state index contributed by atoms with van der Waals surface area (Å²) in [7, 11) is -9.95. The lowest BCUT2D eigenvalue weighted by Gasteiger charge is -2.21. The van der Waals surface area contributed by atoms with Crippen molar-refractivity contribution in [3.8, 4) is 0 Å². The fraction of sp³-hybridized carbons (Fsp3) is 0.854. The van der Waals surface area contributed by atoms with Crippen LogP contribution in [0, 0.1) is 5.92 Å². The third-order valence-corrected chi connectivity index (χ3v) is 19.9. The molecule has 0 amide bonds. The molecule has 19 heteroatoms. The van der Waals surface area contributed by atoms with E-state index >= 15 is 0 Å². The Hall–Kier alpha value is -2.98. The number of carbonyl (C=O) groups is 4. The highest BCUT2D eigenvalue weighted by atomic mass is 31.2. The minimum atomic E-state index is -4.97. The fourth-order valence-electron chi connectivity index (χ4n) is 11.7. The number of phosphoric ester groups is 2. The van der Waals surface area contributed by atoms with Gasteiger partial charge in [-0.3, -0.25) is 37.3 Å². The number of hydrogen-bond donors (Lipinski definition) is 3. The van der Waals surface area contributed by atoms with Gasteiger partial charge in [-0.05, 0) is 83.0 Å². The number of hydrogen-bond acceptors (Lipinski definition) is 15. The molecule has 0 rings (SSSR count). The summed E-state index contributed by atoms with van der Waals surface area (Å²) in [6.07, 6.45) is 71.0. The van der Waals surface area contributed by atoms with E-state index in [1.165, 1.54) is 180 Å². The molecule has 2 unspecified atom stereocenters. The Kier molecular flexibility index (Phi) is 71.7. The first-order valence-corrected chi connectivity index (χ1v) is 44.3.